The van der Waals surface area contributed by atoms with Crippen LogP contribution in [0.25, 0.3) is 0 Å². The second-order valence-corrected chi connectivity index (χ2v) is 6.75. The van der Waals surface area contributed by atoms with Crippen LogP contribution in [0.15, 0.2) is 48.8 Å². The fourth-order valence-corrected chi connectivity index (χ4v) is 3.61. The zero-order valence-electron chi connectivity index (χ0n) is 13.8. The van der Waals surface area contributed by atoms with E-state index in [0.29, 0.717) is 18.6 Å². The third-order valence-corrected chi connectivity index (χ3v) is 4.98. The van der Waals surface area contributed by atoms with Crippen molar-refractivity contribution in [3.8, 4) is 0 Å². The summed E-state index contributed by atoms with van der Waals surface area (Å²) in [4.78, 5) is 0. The second-order valence-electron chi connectivity index (χ2n) is 6.75. The van der Waals surface area contributed by atoms with E-state index in [1.54, 1.807) is 0 Å². The number of aromatic nitrogens is 1. The second kappa shape index (κ2) is 8.32. The Labute approximate surface area is 139 Å². The van der Waals surface area contributed by atoms with Crippen molar-refractivity contribution in [3.05, 3.63) is 59.9 Å². The van der Waals surface area contributed by atoms with Gasteiger partial charge in [0, 0.05) is 38.1 Å². The van der Waals surface area contributed by atoms with Gasteiger partial charge in [0.05, 0.1) is 0 Å². The number of aliphatic hydroxyl groups is 1. The molecule has 1 fully saturated rings. The molecule has 3 heteroatoms. The van der Waals surface area contributed by atoms with E-state index < -0.39 is 0 Å². The highest BCUT2D eigenvalue weighted by Gasteiger charge is 2.22. The Morgan fingerprint density at radius 3 is 2.65 bits per heavy atom. The van der Waals surface area contributed by atoms with Gasteiger partial charge in [-0.15, -0.1) is 0 Å². The molecule has 3 rings (SSSR count). The minimum atomic E-state index is 0.312. The molecule has 1 aliphatic carbocycles. The standard InChI is InChI=1S/C20H28N2O/c23-16-19-9-5-2-6-10-20(19)21-13-18-11-12-22(15-18)14-17-7-3-1-4-8-17/h1,3-4,7-8,11-12,15,19-21,23H,2,5-6,9-10,13-14,16H2. The van der Waals surface area contributed by atoms with Crippen molar-refractivity contribution in [3.63, 3.8) is 0 Å². The van der Waals surface area contributed by atoms with Crippen LogP contribution in [0.4, 0.5) is 0 Å². The summed E-state index contributed by atoms with van der Waals surface area (Å²) in [6.07, 6.45) is 10.6. The van der Waals surface area contributed by atoms with Crippen LogP contribution in [-0.4, -0.2) is 22.3 Å². The summed E-state index contributed by atoms with van der Waals surface area (Å²) in [7, 11) is 0. The zero-order chi connectivity index (χ0) is 15.9. The van der Waals surface area contributed by atoms with E-state index in [1.165, 1.54) is 36.8 Å². The Balaban J connectivity index is 1.54. The third-order valence-electron chi connectivity index (χ3n) is 4.98. The van der Waals surface area contributed by atoms with Crippen molar-refractivity contribution in [1.82, 2.24) is 9.88 Å². The summed E-state index contributed by atoms with van der Waals surface area (Å²) in [5, 5.41) is 13.3. The van der Waals surface area contributed by atoms with Gasteiger partial charge >= 0.3 is 0 Å². The maximum atomic E-state index is 9.61. The van der Waals surface area contributed by atoms with Crippen LogP contribution < -0.4 is 5.32 Å². The Kier molecular flexibility index (Phi) is 5.89. The summed E-state index contributed by atoms with van der Waals surface area (Å²) in [5.74, 6) is 0.420. The van der Waals surface area contributed by atoms with Crippen molar-refractivity contribution >= 4 is 0 Å². The highest BCUT2D eigenvalue weighted by atomic mass is 16.3. The van der Waals surface area contributed by atoms with Crippen LogP contribution in [0.2, 0.25) is 0 Å². The average molecular weight is 312 g/mol. The van der Waals surface area contributed by atoms with E-state index in [4.69, 9.17) is 0 Å². The summed E-state index contributed by atoms with van der Waals surface area (Å²) in [5.41, 5.74) is 2.65. The summed E-state index contributed by atoms with van der Waals surface area (Å²) < 4.78 is 2.24. The first kappa shape index (κ1) is 16.3. The number of hydrogen-bond acceptors (Lipinski definition) is 2. The van der Waals surface area contributed by atoms with Gasteiger partial charge in [-0.25, -0.2) is 0 Å². The van der Waals surface area contributed by atoms with E-state index >= 15 is 0 Å². The lowest BCUT2D eigenvalue weighted by molar-refractivity contribution is 0.181. The SMILES string of the molecule is OCC1CCCCCC1NCc1ccn(Cc2ccccc2)c1. The molecule has 2 atom stereocenters. The Hall–Kier alpha value is -1.58. The molecule has 0 spiro atoms. The molecule has 23 heavy (non-hydrogen) atoms. The van der Waals surface area contributed by atoms with Gasteiger partial charge in [0.1, 0.15) is 0 Å². The van der Waals surface area contributed by atoms with Crippen molar-refractivity contribution in [2.24, 2.45) is 5.92 Å². The van der Waals surface area contributed by atoms with Crippen LogP contribution in [0, 0.1) is 5.92 Å². The molecule has 0 bridgehead atoms. The first-order valence-electron chi connectivity index (χ1n) is 8.88. The topological polar surface area (TPSA) is 37.2 Å². The van der Waals surface area contributed by atoms with Crippen LogP contribution in [-0.2, 0) is 13.1 Å². The van der Waals surface area contributed by atoms with Gasteiger partial charge in [0.15, 0.2) is 0 Å². The number of benzene rings is 1. The Bertz CT molecular complexity index is 578. The summed E-state index contributed by atoms with van der Waals surface area (Å²) in [6.45, 7) is 2.12. The van der Waals surface area contributed by atoms with Gasteiger partial charge in [-0.1, -0.05) is 49.6 Å². The summed E-state index contributed by atoms with van der Waals surface area (Å²) in [6, 6.07) is 13.2. The van der Waals surface area contributed by atoms with Gasteiger partial charge in [-0.05, 0) is 36.0 Å². The van der Waals surface area contributed by atoms with Crippen LogP contribution in [0.5, 0.6) is 0 Å². The molecule has 0 radical (unpaired) electrons. The molecule has 2 N–H and O–H groups in total. The van der Waals surface area contributed by atoms with Crippen LogP contribution >= 0.6 is 0 Å². The molecule has 124 valence electrons. The smallest absolute Gasteiger partial charge is 0.0474 e. The number of aliphatic hydroxyl groups excluding tert-OH is 1. The number of rotatable bonds is 6. The monoisotopic (exact) mass is 312 g/mol. The Morgan fingerprint density at radius 2 is 1.83 bits per heavy atom. The Morgan fingerprint density at radius 1 is 1.00 bits per heavy atom. The largest absolute Gasteiger partial charge is 0.396 e. The summed E-state index contributed by atoms with van der Waals surface area (Å²) >= 11 is 0. The predicted octanol–water partition coefficient (Wildman–Crippen LogP) is 3.57. The number of nitrogens with zero attached hydrogens (tertiary/aromatic N) is 1. The molecule has 2 unspecified atom stereocenters. The first-order valence-corrected chi connectivity index (χ1v) is 8.88. The molecule has 1 heterocycles. The molecule has 1 saturated carbocycles. The van der Waals surface area contributed by atoms with Crippen LogP contribution in [0.3, 0.4) is 0 Å². The van der Waals surface area contributed by atoms with E-state index in [-0.39, 0.29) is 0 Å². The van der Waals surface area contributed by atoms with E-state index in [1.807, 2.05) is 0 Å². The quantitative estimate of drug-likeness (QED) is 0.800. The maximum Gasteiger partial charge on any atom is 0.0474 e. The molecule has 3 nitrogen and oxygen atoms in total. The van der Waals surface area contributed by atoms with Crippen molar-refractivity contribution in [1.29, 1.82) is 0 Å². The van der Waals surface area contributed by atoms with Gasteiger partial charge in [0.25, 0.3) is 0 Å². The predicted molar refractivity (Wildman–Crippen MR) is 94.3 cm³/mol. The van der Waals surface area contributed by atoms with Crippen molar-refractivity contribution in [2.75, 3.05) is 6.61 Å². The lowest BCUT2D eigenvalue weighted by Gasteiger charge is -2.24. The molecule has 0 amide bonds. The van der Waals surface area contributed by atoms with E-state index in [9.17, 15) is 5.11 Å². The van der Waals surface area contributed by atoms with Crippen molar-refractivity contribution < 1.29 is 5.11 Å². The average Bonchev–Trinajstić information content (AvgIpc) is 2.90. The van der Waals surface area contributed by atoms with Gasteiger partial charge < -0.3 is 15.0 Å². The first-order chi connectivity index (χ1) is 11.3. The van der Waals surface area contributed by atoms with E-state index in [0.717, 1.165) is 19.5 Å². The lowest BCUT2D eigenvalue weighted by atomic mass is 9.95. The molecule has 0 saturated heterocycles. The zero-order valence-corrected chi connectivity index (χ0v) is 13.8. The van der Waals surface area contributed by atoms with Gasteiger partial charge in [-0.2, -0.15) is 0 Å². The minimum absolute atomic E-state index is 0.312. The molecule has 0 aliphatic heterocycles. The molecule has 1 aliphatic rings. The fourth-order valence-electron chi connectivity index (χ4n) is 3.61. The molecular formula is C20H28N2O. The third kappa shape index (κ3) is 4.69. The molecule has 2 aromatic rings. The highest BCUT2D eigenvalue weighted by molar-refractivity contribution is 5.17. The lowest BCUT2D eigenvalue weighted by Crippen LogP contribution is -2.36. The normalized spacial score (nSPS) is 22.0. The van der Waals surface area contributed by atoms with Crippen molar-refractivity contribution in [2.45, 2.75) is 51.2 Å². The van der Waals surface area contributed by atoms with Crippen LogP contribution in [0.1, 0.15) is 43.2 Å². The number of nitrogens with one attached hydrogen (secondary N) is 1. The number of hydrogen-bond donors (Lipinski definition) is 2. The molecule has 1 aromatic carbocycles. The fraction of sp³-hybridized carbons (Fsp3) is 0.500. The van der Waals surface area contributed by atoms with Gasteiger partial charge in [-0.3, -0.25) is 0 Å². The molecule has 1 aromatic heterocycles. The maximum absolute atomic E-state index is 9.61. The van der Waals surface area contributed by atoms with E-state index in [2.05, 4.69) is 58.7 Å². The minimum Gasteiger partial charge on any atom is -0.396 e. The van der Waals surface area contributed by atoms with Gasteiger partial charge in [0.2, 0.25) is 0 Å². The highest BCUT2D eigenvalue weighted by Crippen LogP contribution is 2.23. The molecular weight excluding hydrogens is 284 g/mol.